The van der Waals surface area contributed by atoms with Crippen molar-refractivity contribution in [3.05, 3.63) is 42.2 Å². The maximum Gasteiger partial charge on any atom is 0.258 e. The van der Waals surface area contributed by atoms with E-state index in [4.69, 9.17) is 4.74 Å². The van der Waals surface area contributed by atoms with Crippen LogP contribution in [0.3, 0.4) is 0 Å². The van der Waals surface area contributed by atoms with Crippen molar-refractivity contribution >= 4 is 17.5 Å². The van der Waals surface area contributed by atoms with Gasteiger partial charge in [-0.3, -0.25) is 14.3 Å². The first-order valence-electron chi connectivity index (χ1n) is 6.88. The fraction of sp³-hybridized carbons (Fsp3) is 0.267. The van der Waals surface area contributed by atoms with Gasteiger partial charge in [-0.15, -0.1) is 0 Å². The lowest BCUT2D eigenvalue weighted by Gasteiger charge is -2.07. The van der Waals surface area contributed by atoms with Crippen LogP contribution >= 0.6 is 0 Å². The van der Waals surface area contributed by atoms with Crippen LogP contribution in [-0.4, -0.2) is 34.7 Å². The lowest BCUT2D eigenvalue weighted by atomic mass is 10.2. The monoisotopic (exact) mass is 302 g/mol. The molecule has 0 bridgehead atoms. The maximum absolute atomic E-state index is 12.0. The first kappa shape index (κ1) is 15.6. The number of amides is 2. The average molecular weight is 302 g/mol. The highest BCUT2D eigenvalue weighted by atomic mass is 16.5. The minimum atomic E-state index is -0.232. The lowest BCUT2D eigenvalue weighted by Crippen LogP contribution is -2.28. The van der Waals surface area contributed by atoms with Crippen molar-refractivity contribution in [3.8, 4) is 5.75 Å². The van der Waals surface area contributed by atoms with Crippen molar-refractivity contribution in [2.24, 2.45) is 7.05 Å². The highest BCUT2D eigenvalue weighted by molar-refractivity contribution is 6.03. The number of nitrogens with zero attached hydrogens (tertiary/aromatic N) is 2. The van der Waals surface area contributed by atoms with E-state index in [1.165, 1.54) is 6.20 Å². The highest BCUT2D eigenvalue weighted by Gasteiger charge is 2.08. The van der Waals surface area contributed by atoms with Crippen molar-refractivity contribution in [1.29, 1.82) is 0 Å². The van der Waals surface area contributed by atoms with E-state index in [0.29, 0.717) is 23.5 Å². The number of rotatable bonds is 6. The molecule has 2 N–H and O–H groups in total. The van der Waals surface area contributed by atoms with Gasteiger partial charge in [0.25, 0.3) is 11.8 Å². The third-order valence-corrected chi connectivity index (χ3v) is 2.82. The first-order chi connectivity index (χ1) is 10.6. The molecule has 1 heterocycles. The SMILES string of the molecule is CCNC(=O)COc1ccc(NC(=O)c2cnn(C)c2)cc1. The molecule has 2 rings (SSSR count). The normalized spacial score (nSPS) is 10.1. The minimum absolute atomic E-state index is 0.0325. The Bertz CT molecular complexity index is 649. The molecule has 7 heteroatoms. The Morgan fingerprint density at radius 3 is 2.59 bits per heavy atom. The van der Waals surface area contributed by atoms with Gasteiger partial charge in [0.15, 0.2) is 6.61 Å². The smallest absolute Gasteiger partial charge is 0.258 e. The van der Waals surface area contributed by atoms with Crippen molar-refractivity contribution in [2.75, 3.05) is 18.5 Å². The first-order valence-corrected chi connectivity index (χ1v) is 6.88. The molecule has 0 spiro atoms. The van der Waals surface area contributed by atoms with Crippen LogP contribution in [0.2, 0.25) is 0 Å². The van der Waals surface area contributed by atoms with Crippen LogP contribution in [0.25, 0.3) is 0 Å². The molecule has 0 radical (unpaired) electrons. The van der Waals surface area contributed by atoms with Gasteiger partial charge < -0.3 is 15.4 Å². The molecule has 1 aromatic heterocycles. The van der Waals surface area contributed by atoms with E-state index in [2.05, 4.69) is 15.7 Å². The van der Waals surface area contributed by atoms with Crippen molar-refractivity contribution in [3.63, 3.8) is 0 Å². The zero-order valence-corrected chi connectivity index (χ0v) is 12.5. The van der Waals surface area contributed by atoms with Gasteiger partial charge in [0, 0.05) is 25.5 Å². The summed E-state index contributed by atoms with van der Waals surface area (Å²) in [6.45, 7) is 2.38. The van der Waals surface area contributed by atoms with E-state index in [1.807, 2.05) is 6.92 Å². The predicted octanol–water partition coefficient (Wildman–Crippen LogP) is 1.19. The molecule has 0 atom stereocenters. The Labute approximate surface area is 128 Å². The van der Waals surface area contributed by atoms with Gasteiger partial charge in [0.1, 0.15) is 5.75 Å². The predicted molar refractivity (Wildman–Crippen MR) is 81.8 cm³/mol. The van der Waals surface area contributed by atoms with Gasteiger partial charge in [0.2, 0.25) is 0 Å². The van der Waals surface area contributed by atoms with Crippen LogP contribution in [0.1, 0.15) is 17.3 Å². The summed E-state index contributed by atoms with van der Waals surface area (Å²) < 4.78 is 6.89. The second kappa shape index (κ2) is 7.26. The zero-order chi connectivity index (χ0) is 15.9. The molecule has 0 aliphatic heterocycles. The fourth-order valence-corrected chi connectivity index (χ4v) is 1.77. The lowest BCUT2D eigenvalue weighted by molar-refractivity contribution is -0.122. The molecular formula is C15H18N4O3. The molecule has 0 aliphatic rings. The molecule has 2 amide bonds. The van der Waals surface area contributed by atoms with E-state index in [0.717, 1.165) is 0 Å². The van der Waals surface area contributed by atoms with Crippen LogP contribution in [0.15, 0.2) is 36.7 Å². The second-order valence-electron chi connectivity index (χ2n) is 4.62. The summed E-state index contributed by atoms with van der Waals surface area (Å²) in [5.74, 6) is 0.158. The Morgan fingerprint density at radius 2 is 2.00 bits per heavy atom. The molecule has 0 unspecified atom stereocenters. The summed E-state index contributed by atoms with van der Waals surface area (Å²) in [5, 5.41) is 9.35. The highest BCUT2D eigenvalue weighted by Crippen LogP contribution is 2.16. The number of aromatic nitrogens is 2. The van der Waals surface area contributed by atoms with E-state index in [-0.39, 0.29) is 18.4 Å². The molecule has 2 aromatic rings. The number of carbonyl (C=O) groups excluding carboxylic acids is 2. The summed E-state index contributed by atoms with van der Waals surface area (Å²) >= 11 is 0. The average Bonchev–Trinajstić information content (AvgIpc) is 2.93. The second-order valence-corrected chi connectivity index (χ2v) is 4.62. The third-order valence-electron chi connectivity index (χ3n) is 2.82. The van der Waals surface area contributed by atoms with Gasteiger partial charge in [-0.25, -0.2) is 0 Å². The fourth-order valence-electron chi connectivity index (χ4n) is 1.77. The molecule has 0 saturated heterocycles. The maximum atomic E-state index is 12.0. The van der Waals surface area contributed by atoms with Gasteiger partial charge in [-0.2, -0.15) is 5.10 Å². The largest absolute Gasteiger partial charge is 0.484 e. The number of benzene rings is 1. The number of aryl methyl sites for hydroxylation is 1. The molecule has 0 saturated carbocycles. The van der Waals surface area contributed by atoms with Crippen LogP contribution in [0.4, 0.5) is 5.69 Å². The third kappa shape index (κ3) is 4.34. The molecule has 22 heavy (non-hydrogen) atoms. The van der Waals surface area contributed by atoms with E-state index >= 15 is 0 Å². The van der Waals surface area contributed by atoms with Gasteiger partial charge in [-0.05, 0) is 31.2 Å². The molecule has 1 aromatic carbocycles. The zero-order valence-electron chi connectivity index (χ0n) is 12.5. The summed E-state index contributed by atoms with van der Waals surface area (Å²) in [7, 11) is 1.75. The number of nitrogens with one attached hydrogen (secondary N) is 2. The van der Waals surface area contributed by atoms with Crippen molar-refractivity contribution in [1.82, 2.24) is 15.1 Å². The number of ether oxygens (including phenoxy) is 1. The number of anilines is 1. The topological polar surface area (TPSA) is 85.2 Å². The standard InChI is InChI=1S/C15H18N4O3/c1-3-16-14(20)10-22-13-6-4-12(5-7-13)18-15(21)11-8-17-19(2)9-11/h4-9H,3,10H2,1-2H3,(H,16,20)(H,18,21). The van der Waals surface area contributed by atoms with Crippen molar-refractivity contribution < 1.29 is 14.3 Å². The van der Waals surface area contributed by atoms with E-state index < -0.39 is 0 Å². The van der Waals surface area contributed by atoms with Crippen LogP contribution < -0.4 is 15.4 Å². The summed E-state index contributed by atoms with van der Waals surface area (Å²) in [6, 6.07) is 6.80. The summed E-state index contributed by atoms with van der Waals surface area (Å²) in [4.78, 5) is 23.2. The Balaban J connectivity index is 1.89. The van der Waals surface area contributed by atoms with Gasteiger partial charge in [0.05, 0.1) is 11.8 Å². The van der Waals surface area contributed by atoms with E-state index in [9.17, 15) is 9.59 Å². The van der Waals surface area contributed by atoms with E-state index in [1.54, 1.807) is 42.2 Å². The Hall–Kier alpha value is -2.83. The summed E-state index contributed by atoms with van der Waals surface area (Å²) in [5.41, 5.74) is 1.12. The Morgan fingerprint density at radius 1 is 1.27 bits per heavy atom. The number of hydrogen-bond acceptors (Lipinski definition) is 4. The molecule has 116 valence electrons. The number of hydrogen-bond donors (Lipinski definition) is 2. The molecule has 7 nitrogen and oxygen atoms in total. The van der Waals surface area contributed by atoms with Crippen LogP contribution in [-0.2, 0) is 11.8 Å². The molecular weight excluding hydrogens is 284 g/mol. The number of carbonyl (C=O) groups is 2. The quantitative estimate of drug-likeness (QED) is 0.839. The minimum Gasteiger partial charge on any atom is -0.484 e. The van der Waals surface area contributed by atoms with Gasteiger partial charge >= 0.3 is 0 Å². The molecule has 0 fully saturated rings. The Kier molecular flexibility index (Phi) is 5.13. The van der Waals surface area contributed by atoms with Gasteiger partial charge in [-0.1, -0.05) is 0 Å². The number of likely N-dealkylation sites (N-methyl/N-ethyl adjacent to an activating group) is 1. The van der Waals surface area contributed by atoms with Crippen LogP contribution in [0.5, 0.6) is 5.75 Å². The summed E-state index contributed by atoms with van der Waals surface area (Å²) in [6.07, 6.45) is 3.14. The van der Waals surface area contributed by atoms with Crippen LogP contribution in [0, 0.1) is 0 Å². The van der Waals surface area contributed by atoms with Crippen molar-refractivity contribution in [2.45, 2.75) is 6.92 Å². The molecule has 0 aliphatic carbocycles.